The summed E-state index contributed by atoms with van der Waals surface area (Å²) in [5, 5.41) is 3.26. The Bertz CT molecular complexity index is 788. The zero-order chi connectivity index (χ0) is 17.3. The van der Waals surface area contributed by atoms with E-state index in [9.17, 15) is 14.0 Å². The maximum Gasteiger partial charge on any atom is 0.267 e. The molecule has 2 aromatic rings. The van der Waals surface area contributed by atoms with Gasteiger partial charge in [0.1, 0.15) is 10.7 Å². The first kappa shape index (κ1) is 16.6. The minimum Gasteiger partial charge on any atom is -0.321 e. The molecule has 0 saturated carbocycles. The van der Waals surface area contributed by atoms with Gasteiger partial charge in [0.15, 0.2) is 5.13 Å². The van der Waals surface area contributed by atoms with Gasteiger partial charge in [0.25, 0.3) is 5.91 Å². The Morgan fingerprint density at radius 3 is 2.83 bits per heavy atom. The molecular formula is C17H18FN3O2S. The number of carbonyl (C=O) groups is 2. The number of thiazole rings is 1. The lowest BCUT2D eigenvalue weighted by Crippen LogP contribution is -2.23. The fourth-order valence-corrected chi connectivity index (χ4v) is 3.75. The van der Waals surface area contributed by atoms with Crippen molar-refractivity contribution >= 4 is 34.0 Å². The molecule has 1 N–H and O–H groups in total. The fraction of sp³-hybridized carbons (Fsp3) is 0.353. The molecule has 1 aromatic heterocycles. The van der Waals surface area contributed by atoms with Crippen LogP contribution in [0.25, 0.3) is 0 Å². The first-order valence-electron chi connectivity index (χ1n) is 7.83. The highest BCUT2D eigenvalue weighted by Crippen LogP contribution is 2.33. The zero-order valence-corrected chi connectivity index (χ0v) is 14.3. The van der Waals surface area contributed by atoms with Crippen LogP contribution in [0.1, 0.15) is 48.0 Å². The van der Waals surface area contributed by atoms with Gasteiger partial charge in [0.2, 0.25) is 5.91 Å². The van der Waals surface area contributed by atoms with E-state index >= 15 is 0 Å². The van der Waals surface area contributed by atoms with Crippen LogP contribution in [-0.2, 0) is 4.79 Å². The van der Waals surface area contributed by atoms with Crippen molar-refractivity contribution in [1.82, 2.24) is 4.98 Å². The van der Waals surface area contributed by atoms with Crippen molar-refractivity contribution in [1.29, 1.82) is 0 Å². The third kappa shape index (κ3) is 3.31. The van der Waals surface area contributed by atoms with Gasteiger partial charge in [-0.3, -0.25) is 14.5 Å². The Morgan fingerprint density at radius 2 is 2.21 bits per heavy atom. The molecule has 7 heteroatoms. The standard InChI is InChI=1S/C17H18FN3O2S/c1-10(2)14-15(16(23)19-12-6-3-5-11(18)9-12)24-17(20-14)21-8-4-7-13(21)22/h3,5-6,9-10H,4,7-8H2,1-2H3,(H,19,23). The van der Waals surface area contributed by atoms with Crippen molar-refractivity contribution in [3.05, 3.63) is 40.7 Å². The number of benzene rings is 1. The molecular weight excluding hydrogens is 329 g/mol. The average Bonchev–Trinajstić information content (AvgIpc) is 3.13. The van der Waals surface area contributed by atoms with Crippen LogP contribution >= 0.6 is 11.3 Å². The predicted molar refractivity (Wildman–Crippen MR) is 92.1 cm³/mol. The molecule has 1 aromatic carbocycles. The largest absolute Gasteiger partial charge is 0.321 e. The quantitative estimate of drug-likeness (QED) is 0.915. The number of hydrogen-bond acceptors (Lipinski definition) is 4. The van der Waals surface area contributed by atoms with Gasteiger partial charge in [-0.15, -0.1) is 0 Å². The number of nitrogens with one attached hydrogen (secondary N) is 1. The Kier molecular flexibility index (Phi) is 4.62. The molecule has 2 heterocycles. The van der Waals surface area contributed by atoms with E-state index in [1.807, 2.05) is 13.8 Å². The number of nitrogens with zero attached hydrogens (tertiary/aromatic N) is 2. The predicted octanol–water partition coefficient (Wildman–Crippen LogP) is 3.78. The van der Waals surface area contributed by atoms with Gasteiger partial charge in [-0.1, -0.05) is 31.3 Å². The van der Waals surface area contributed by atoms with Gasteiger partial charge in [-0.05, 0) is 30.5 Å². The number of carbonyl (C=O) groups excluding carboxylic acids is 2. The molecule has 0 atom stereocenters. The van der Waals surface area contributed by atoms with E-state index in [1.165, 1.54) is 29.5 Å². The van der Waals surface area contributed by atoms with Gasteiger partial charge in [-0.25, -0.2) is 9.37 Å². The summed E-state index contributed by atoms with van der Waals surface area (Å²) in [5.74, 6) is -0.665. The van der Waals surface area contributed by atoms with E-state index < -0.39 is 5.82 Å². The number of rotatable bonds is 4. The monoisotopic (exact) mass is 347 g/mol. The van der Waals surface area contributed by atoms with Crippen molar-refractivity contribution in [3.8, 4) is 0 Å². The molecule has 1 aliphatic rings. The topological polar surface area (TPSA) is 62.3 Å². The van der Waals surface area contributed by atoms with Crippen LogP contribution in [0.4, 0.5) is 15.2 Å². The van der Waals surface area contributed by atoms with Crippen LogP contribution in [0.3, 0.4) is 0 Å². The summed E-state index contributed by atoms with van der Waals surface area (Å²) >= 11 is 1.21. The fourth-order valence-electron chi connectivity index (χ4n) is 2.59. The normalized spacial score (nSPS) is 14.5. The van der Waals surface area contributed by atoms with Crippen LogP contribution < -0.4 is 10.2 Å². The van der Waals surface area contributed by atoms with E-state index in [2.05, 4.69) is 10.3 Å². The van der Waals surface area contributed by atoms with Crippen molar-refractivity contribution < 1.29 is 14.0 Å². The first-order chi connectivity index (χ1) is 11.5. The van der Waals surface area contributed by atoms with Gasteiger partial charge in [-0.2, -0.15) is 0 Å². The van der Waals surface area contributed by atoms with E-state index in [4.69, 9.17) is 0 Å². The number of aromatic nitrogens is 1. The molecule has 1 aliphatic heterocycles. The summed E-state index contributed by atoms with van der Waals surface area (Å²) in [4.78, 5) is 31.1. The lowest BCUT2D eigenvalue weighted by molar-refractivity contribution is -0.117. The highest BCUT2D eigenvalue weighted by molar-refractivity contribution is 7.18. The van der Waals surface area contributed by atoms with E-state index in [0.29, 0.717) is 34.4 Å². The number of hydrogen-bond donors (Lipinski definition) is 1. The number of anilines is 2. The third-order valence-electron chi connectivity index (χ3n) is 3.78. The lowest BCUT2D eigenvalue weighted by Gasteiger charge is -2.10. The van der Waals surface area contributed by atoms with Crippen LogP contribution in [0.5, 0.6) is 0 Å². The maximum atomic E-state index is 13.3. The van der Waals surface area contributed by atoms with Crippen molar-refractivity contribution in [2.45, 2.75) is 32.6 Å². The summed E-state index contributed by atoms with van der Waals surface area (Å²) in [6.45, 7) is 4.53. The summed E-state index contributed by atoms with van der Waals surface area (Å²) in [6, 6.07) is 5.75. The van der Waals surface area contributed by atoms with E-state index in [-0.39, 0.29) is 17.7 Å². The van der Waals surface area contributed by atoms with Gasteiger partial charge in [0.05, 0.1) is 5.69 Å². The minimum atomic E-state index is -0.412. The van der Waals surface area contributed by atoms with Crippen LogP contribution in [0, 0.1) is 5.82 Å². The Hall–Kier alpha value is -2.28. The summed E-state index contributed by atoms with van der Waals surface area (Å²) in [5.41, 5.74) is 1.05. The molecule has 1 fully saturated rings. The lowest BCUT2D eigenvalue weighted by atomic mass is 10.1. The Labute approximate surface area is 143 Å². The molecule has 0 bridgehead atoms. The van der Waals surface area contributed by atoms with Crippen molar-refractivity contribution in [3.63, 3.8) is 0 Å². The summed E-state index contributed by atoms with van der Waals surface area (Å²) in [7, 11) is 0. The van der Waals surface area contributed by atoms with Gasteiger partial charge >= 0.3 is 0 Å². The summed E-state index contributed by atoms with van der Waals surface area (Å²) in [6.07, 6.45) is 1.32. The van der Waals surface area contributed by atoms with Crippen LogP contribution in [-0.4, -0.2) is 23.3 Å². The molecule has 1 saturated heterocycles. The molecule has 0 aliphatic carbocycles. The van der Waals surface area contributed by atoms with Crippen molar-refractivity contribution in [2.24, 2.45) is 0 Å². The number of halogens is 1. The maximum absolute atomic E-state index is 13.3. The van der Waals surface area contributed by atoms with Gasteiger partial charge in [0, 0.05) is 18.7 Å². The van der Waals surface area contributed by atoms with E-state index in [1.54, 1.807) is 11.0 Å². The van der Waals surface area contributed by atoms with Crippen molar-refractivity contribution in [2.75, 3.05) is 16.8 Å². The van der Waals surface area contributed by atoms with Crippen LogP contribution in [0.15, 0.2) is 24.3 Å². The van der Waals surface area contributed by atoms with Gasteiger partial charge < -0.3 is 5.32 Å². The Balaban J connectivity index is 1.89. The molecule has 0 unspecified atom stereocenters. The summed E-state index contributed by atoms with van der Waals surface area (Å²) < 4.78 is 13.3. The second-order valence-corrected chi connectivity index (χ2v) is 6.96. The minimum absolute atomic E-state index is 0.0381. The first-order valence-corrected chi connectivity index (χ1v) is 8.65. The molecule has 126 valence electrons. The smallest absolute Gasteiger partial charge is 0.267 e. The molecule has 3 rings (SSSR count). The zero-order valence-electron chi connectivity index (χ0n) is 13.5. The second kappa shape index (κ2) is 6.68. The number of amides is 2. The molecule has 0 radical (unpaired) electrons. The third-order valence-corrected chi connectivity index (χ3v) is 4.87. The highest BCUT2D eigenvalue weighted by atomic mass is 32.1. The van der Waals surface area contributed by atoms with Crippen LogP contribution in [0.2, 0.25) is 0 Å². The molecule has 24 heavy (non-hydrogen) atoms. The second-order valence-electron chi connectivity index (χ2n) is 5.98. The molecule has 5 nitrogen and oxygen atoms in total. The molecule has 2 amide bonds. The van der Waals surface area contributed by atoms with E-state index in [0.717, 1.165) is 6.42 Å². The Morgan fingerprint density at radius 1 is 1.42 bits per heavy atom. The SMILES string of the molecule is CC(C)c1nc(N2CCCC2=O)sc1C(=O)Nc1cccc(F)c1. The highest BCUT2D eigenvalue weighted by Gasteiger charge is 2.28. The molecule has 0 spiro atoms. The average molecular weight is 347 g/mol.